The second kappa shape index (κ2) is 11.6. The van der Waals surface area contributed by atoms with Gasteiger partial charge in [0.25, 0.3) is 0 Å². The Labute approximate surface area is 214 Å². The Hall–Kier alpha value is -0.670. The van der Waals surface area contributed by atoms with Crippen LogP contribution in [0.1, 0.15) is 110 Å². The lowest BCUT2D eigenvalue weighted by Crippen LogP contribution is -2.43. The predicted molar refractivity (Wildman–Crippen MR) is 149 cm³/mol. The summed E-state index contributed by atoms with van der Waals surface area (Å²) in [6.07, 6.45) is 17.2. The fourth-order valence-corrected chi connectivity index (χ4v) is 9.10. The van der Waals surface area contributed by atoms with Gasteiger partial charge in [0.15, 0.2) is 0 Å². The lowest BCUT2D eigenvalue weighted by Gasteiger charge is -2.48. The molecule has 0 radical (unpaired) electrons. The molecule has 0 bridgehead atoms. The van der Waals surface area contributed by atoms with Crippen LogP contribution in [0.3, 0.4) is 0 Å². The van der Waals surface area contributed by atoms with Crippen molar-refractivity contribution in [3.8, 4) is 0 Å². The maximum Gasteiger partial charge on any atom is 0.0596 e. The van der Waals surface area contributed by atoms with Crippen LogP contribution in [0.5, 0.6) is 0 Å². The first-order chi connectivity index (χ1) is 16.4. The third-order valence-corrected chi connectivity index (χ3v) is 11.8. The van der Waals surface area contributed by atoms with Crippen LogP contribution in [0.15, 0.2) is 23.1 Å². The van der Waals surface area contributed by atoms with E-state index in [4.69, 9.17) is 0 Å². The minimum Gasteiger partial charge on any atom is -0.393 e. The first kappa shape index (κ1) is 26.4. The molecule has 3 aliphatic rings. The van der Waals surface area contributed by atoms with Gasteiger partial charge >= 0.3 is 0 Å². The van der Waals surface area contributed by atoms with Crippen molar-refractivity contribution in [3.05, 3.63) is 23.8 Å². The van der Waals surface area contributed by atoms with Crippen LogP contribution >= 0.6 is 11.8 Å². The SMILES string of the molecule is CCNc1ccc(SCCCC2CCC3CCCC4CCCCC4(C)C(O)CCC23C)c(C)c1. The quantitative estimate of drug-likeness (QED) is 0.299. The number of hydrogen-bond donors (Lipinski definition) is 2. The second-order valence-corrected chi connectivity index (χ2v) is 13.5. The van der Waals surface area contributed by atoms with E-state index < -0.39 is 0 Å². The van der Waals surface area contributed by atoms with E-state index in [2.05, 4.69) is 51.2 Å². The molecular formula is C31H51NOS. The molecule has 0 amide bonds. The van der Waals surface area contributed by atoms with Crippen LogP contribution in [-0.2, 0) is 0 Å². The first-order valence-corrected chi connectivity index (χ1v) is 15.5. The van der Waals surface area contributed by atoms with Crippen molar-refractivity contribution in [2.45, 2.75) is 122 Å². The Balaban J connectivity index is 1.33. The number of aliphatic hydroxyl groups excluding tert-OH is 1. The van der Waals surface area contributed by atoms with Crippen molar-refractivity contribution < 1.29 is 5.11 Å². The summed E-state index contributed by atoms with van der Waals surface area (Å²) >= 11 is 2.04. The van der Waals surface area contributed by atoms with Gasteiger partial charge in [-0.05, 0) is 136 Å². The predicted octanol–water partition coefficient (Wildman–Crippen LogP) is 8.85. The summed E-state index contributed by atoms with van der Waals surface area (Å²) in [6, 6.07) is 6.81. The summed E-state index contributed by atoms with van der Waals surface area (Å²) in [6.45, 7) is 10.4. The lowest BCUT2D eigenvalue weighted by molar-refractivity contribution is -0.0565. The normalized spacial score (nSPS) is 36.5. The van der Waals surface area contributed by atoms with Gasteiger partial charge < -0.3 is 10.4 Å². The van der Waals surface area contributed by atoms with Crippen molar-refractivity contribution in [1.29, 1.82) is 0 Å². The van der Waals surface area contributed by atoms with Gasteiger partial charge in [0, 0.05) is 17.1 Å². The van der Waals surface area contributed by atoms with Crippen molar-refractivity contribution >= 4 is 17.4 Å². The standard InChI is InChI=1S/C31H51NOS/c1-5-32-27-16-17-28(23(2)22-27)34-21-9-13-26-15-14-25-12-8-11-24-10-6-7-19-31(24,4)29(33)18-20-30(25,26)3/h16-17,22,24-26,29,32-33H,5-15,18-21H2,1-4H3. The molecule has 0 heterocycles. The van der Waals surface area contributed by atoms with E-state index in [1.54, 1.807) is 0 Å². The van der Waals surface area contributed by atoms with Crippen molar-refractivity contribution in [2.75, 3.05) is 17.6 Å². The minimum atomic E-state index is -0.0988. The zero-order chi connectivity index (χ0) is 24.2. The monoisotopic (exact) mass is 485 g/mol. The molecule has 3 heteroatoms. The molecule has 6 atom stereocenters. The fourth-order valence-electron chi connectivity index (χ4n) is 8.12. The molecule has 0 spiro atoms. The Bertz CT molecular complexity index is 796. The zero-order valence-corrected chi connectivity index (χ0v) is 23.3. The van der Waals surface area contributed by atoms with Gasteiger partial charge in [0.1, 0.15) is 0 Å². The van der Waals surface area contributed by atoms with Crippen molar-refractivity contribution in [3.63, 3.8) is 0 Å². The highest BCUT2D eigenvalue weighted by Crippen LogP contribution is 2.57. The number of fused-ring (bicyclic) bond motifs is 2. The number of aliphatic hydroxyl groups is 1. The van der Waals surface area contributed by atoms with Gasteiger partial charge in [-0.25, -0.2) is 0 Å². The largest absolute Gasteiger partial charge is 0.393 e. The lowest BCUT2D eigenvalue weighted by atomic mass is 9.59. The topological polar surface area (TPSA) is 32.3 Å². The third-order valence-electron chi connectivity index (χ3n) is 10.5. The molecule has 1 aromatic carbocycles. The molecule has 1 aromatic rings. The zero-order valence-electron chi connectivity index (χ0n) is 22.5. The molecule has 2 nitrogen and oxygen atoms in total. The molecular weight excluding hydrogens is 434 g/mol. The number of rotatable bonds is 7. The summed E-state index contributed by atoms with van der Waals surface area (Å²) in [5.41, 5.74) is 3.24. The number of hydrogen-bond acceptors (Lipinski definition) is 3. The minimum absolute atomic E-state index is 0.0988. The van der Waals surface area contributed by atoms with Crippen LogP contribution in [0.2, 0.25) is 0 Å². The maximum atomic E-state index is 11.4. The summed E-state index contributed by atoms with van der Waals surface area (Å²) in [5, 5.41) is 14.8. The average molecular weight is 486 g/mol. The van der Waals surface area contributed by atoms with Gasteiger partial charge in [-0.15, -0.1) is 11.8 Å². The van der Waals surface area contributed by atoms with Crippen LogP contribution in [0.25, 0.3) is 0 Å². The van der Waals surface area contributed by atoms with Crippen molar-refractivity contribution in [2.24, 2.45) is 28.6 Å². The van der Waals surface area contributed by atoms with E-state index in [0.29, 0.717) is 5.41 Å². The molecule has 3 fully saturated rings. The highest BCUT2D eigenvalue weighted by Gasteiger charge is 2.48. The molecule has 4 rings (SSSR count). The molecule has 0 saturated heterocycles. The number of anilines is 1. The Morgan fingerprint density at radius 1 is 0.941 bits per heavy atom. The van der Waals surface area contributed by atoms with Gasteiger partial charge in [0.2, 0.25) is 0 Å². The Morgan fingerprint density at radius 2 is 1.71 bits per heavy atom. The first-order valence-electron chi connectivity index (χ1n) is 14.5. The van der Waals surface area contributed by atoms with Gasteiger partial charge in [0.05, 0.1) is 6.10 Å². The van der Waals surface area contributed by atoms with Crippen LogP contribution in [-0.4, -0.2) is 23.5 Å². The van der Waals surface area contributed by atoms with Gasteiger partial charge in [-0.3, -0.25) is 0 Å². The van der Waals surface area contributed by atoms with Gasteiger partial charge in [-0.2, -0.15) is 0 Å². The maximum absolute atomic E-state index is 11.4. The second-order valence-electron chi connectivity index (χ2n) is 12.4. The molecule has 0 aliphatic heterocycles. The highest BCUT2D eigenvalue weighted by molar-refractivity contribution is 7.99. The Kier molecular flexibility index (Phi) is 9.00. The molecule has 34 heavy (non-hydrogen) atoms. The fraction of sp³-hybridized carbons (Fsp3) is 0.806. The summed E-state index contributed by atoms with van der Waals surface area (Å²) in [4.78, 5) is 1.44. The summed E-state index contributed by atoms with van der Waals surface area (Å²) < 4.78 is 0. The molecule has 3 saturated carbocycles. The third kappa shape index (κ3) is 5.66. The van der Waals surface area contributed by atoms with Gasteiger partial charge in [-0.1, -0.05) is 33.1 Å². The van der Waals surface area contributed by atoms with Crippen molar-refractivity contribution in [1.82, 2.24) is 0 Å². The smallest absolute Gasteiger partial charge is 0.0596 e. The van der Waals surface area contributed by atoms with E-state index in [9.17, 15) is 5.11 Å². The van der Waals surface area contributed by atoms with Crippen LogP contribution in [0, 0.1) is 35.5 Å². The van der Waals surface area contributed by atoms with Crippen LogP contribution in [0.4, 0.5) is 5.69 Å². The average Bonchev–Trinajstić information content (AvgIpc) is 3.13. The number of nitrogens with one attached hydrogen (secondary N) is 1. The Morgan fingerprint density at radius 3 is 2.47 bits per heavy atom. The van der Waals surface area contributed by atoms with E-state index in [0.717, 1.165) is 30.7 Å². The highest BCUT2D eigenvalue weighted by atomic mass is 32.2. The molecule has 0 aromatic heterocycles. The molecule has 6 unspecified atom stereocenters. The molecule has 3 aliphatic carbocycles. The summed E-state index contributed by atoms with van der Waals surface area (Å²) in [5.74, 6) is 3.70. The molecule has 192 valence electrons. The van der Waals surface area contributed by atoms with E-state index in [1.165, 1.54) is 98.9 Å². The number of thioether (sulfide) groups is 1. The van der Waals surface area contributed by atoms with E-state index in [-0.39, 0.29) is 11.5 Å². The van der Waals surface area contributed by atoms with Crippen LogP contribution < -0.4 is 5.32 Å². The van der Waals surface area contributed by atoms with E-state index >= 15 is 0 Å². The number of benzene rings is 1. The van der Waals surface area contributed by atoms with E-state index in [1.807, 2.05) is 11.8 Å². The molecule has 2 N–H and O–H groups in total. The number of aryl methyl sites for hydroxylation is 1. The summed E-state index contributed by atoms with van der Waals surface area (Å²) in [7, 11) is 0.